The van der Waals surface area contributed by atoms with Gasteiger partial charge in [0.2, 0.25) is 0 Å². The number of hydrogen-bond acceptors (Lipinski definition) is 3. The standard InChI is InChI=1S/C26H36N2O2/c1-26(2,3)30-25(29)28-19-13-8-6-4-5-7-10-14-21-17-18-23(24(27)20-21)22-15-11-9-12-16-22/h9-12,14-18,20H,4-8,13,19,27H2,1-3H3,(H,28,29). The Bertz CT molecular complexity index is 808. The summed E-state index contributed by atoms with van der Waals surface area (Å²) in [5.74, 6) is 0. The van der Waals surface area contributed by atoms with Crippen molar-refractivity contribution in [2.75, 3.05) is 12.3 Å². The molecule has 0 aliphatic heterocycles. The maximum absolute atomic E-state index is 11.5. The number of ether oxygens (including phenoxy) is 1. The van der Waals surface area contributed by atoms with E-state index in [1.807, 2.05) is 45.0 Å². The number of carbonyl (C=O) groups is 1. The zero-order chi connectivity index (χ0) is 21.8. The fourth-order valence-electron chi connectivity index (χ4n) is 3.21. The number of anilines is 1. The first-order valence-corrected chi connectivity index (χ1v) is 10.9. The second-order valence-corrected chi connectivity index (χ2v) is 8.60. The Balaban J connectivity index is 1.58. The number of nitrogens with two attached hydrogens (primary N) is 1. The molecule has 0 saturated carbocycles. The molecule has 0 spiro atoms. The van der Waals surface area contributed by atoms with Gasteiger partial charge in [-0.15, -0.1) is 0 Å². The van der Waals surface area contributed by atoms with Crippen molar-refractivity contribution in [1.82, 2.24) is 5.32 Å². The van der Waals surface area contributed by atoms with Crippen LogP contribution in [0, 0.1) is 0 Å². The van der Waals surface area contributed by atoms with Crippen molar-refractivity contribution in [3.63, 3.8) is 0 Å². The Morgan fingerprint density at radius 3 is 2.40 bits per heavy atom. The van der Waals surface area contributed by atoms with E-state index in [-0.39, 0.29) is 6.09 Å². The van der Waals surface area contributed by atoms with E-state index in [2.05, 4.69) is 41.7 Å². The van der Waals surface area contributed by atoms with Gasteiger partial charge in [-0.25, -0.2) is 4.79 Å². The van der Waals surface area contributed by atoms with Crippen LogP contribution in [-0.4, -0.2) is 18.2 Å². The number of carbonyl (C=O) groups excluding carboxylic acids is 1. The molecule has 0 heterocycles. The Morgan fingerprint density at radius 2 is 1.70 bits per heavy atom. The van der Waals surface area contributed by atoms with E-state index in [0.29, 0.717) is 6.54 Å². The van der Waals surface area contributed by atoms with Crippen LogP contribution in [0.4, 0.5) is 10.5 Å². The summed E-state index contributed by atoms with van der Waals surface area (Å²) in [6.45, 7) is 6.29. The third-order valence-corrected chi connectivity index (χ3v) is 4.69. The molecule has 0 aromatic heterocycles. The molecule has 2 rings (SSSR count). The number of amides is 1. The van der Waals surface area contributed by atoms with Crippen molar-refractivity contribution in [1.29, 1.82) is 0 Å². The summed E-state index contributed by atoms with van der Waals surface area (Å²) in [4.78, 5) is 11.5. The Morgan fingerprint density at radius 1 is 1.00 bits per heavy atom. The summed E-state index contributed by atoms with van der Waals surface area (Å²) >= 11 is 0. The number of rotatable bonds is 10. The summed E-state index contributed by atoms with van der Waals surface area (Å²) in [6, 6.07) is 16.5. The van der Waals surface area contributed by atoms with E-state index >= 15 is 0 Å². The summed E-state index contributed by atoms with van der Waals surface area (Å²) in [6.07, 6.45) is 10.8. The third kappa shape index (κ3) is 9.17. The van der Waals surface area contributed by atoms with Crippen molar-refractivity contribution >= 4 is 17.9 Å². The molecule has 0 unspecified atom stereocenters. The molecule has 0 fully saturated rings. The molecule has 162 valence electrons. The van der Waals surface area contributed by atoms with Crippen molar-refractivity contribution in [2.45, 2.75) is 64.9 Å². The Kier molecular flexibility index (Phi) is 9.46. The van der Waals surface area contributed by atoms with E-state index in [0.717, 1.165) is 41.6 Å². The van der Waals surface area contributed by atoms with Crippen LogP contribution in [0.1, 0.15) is 64.9 Å². The first-order valence-electron chi connectivity index (χ1n) is 10.9. The van der Waals surface area contributed by atoms with Gasteiger partial charge in [-0.3, -0.25) is 0 Å². The van der Waals surface area contributed by atoms with Gasteiger partial charge < -0.3 is 15.8 Å². The van der Waals surface area contributed by atoms with Crippen molar-refractivity contribution in [2.24, 2.45) is 0 Å². The second kappa shape index (κ2) is 12.1. The van der Waals surface area contributed by atoms with E-state index in [4.69, 9.17) is 10.5 Å². The van der Waals surface area contributed by atoms with Crippen LogP contribution in [-0.2, 0) is 4.74 Å². The SMILES string of the molecule is CC(C)(C)OC(=O)NCCCCCCCC=Cc1ccc(-c2ccccc2)c(N)c1. The number of alkyl carbamates (subject to hydrolysis) is 1. The minimum atomic E-state index is -0.437. The average Bonchev–Trinajstić information content (AvgIpc) is 2.69. The third-order valence-electron chi connectivity index (χ3n) is 4.69. The number of allylic oxidation sites excluding steroid dienone is 1. The summed E-state index contributed by atoms with van der Waals surface area (Å²) < 4.78 is 5.22. The second-order valence-electron chi connectivity index (χ2n) is 8.60. The molecule has 2 aromatic carbocycles. The summed E-state index contributed by atoms with van der Waals surface area (Å²) in [5.41, 5.74) is 9.98. The van der Waals surface area contributed by atoms with Crippen molar-refractivity contribution in [3.8, 4) is 11.1 Å². The Hall–Kier alpha value is -2.75. The predicted molar refractivity (Wildman–Crippen MR) is 127 cm³/mol. The Labute approximate surface area is 181 Å². The van der Waals surface area contributed by atoms with Crippen LogP contribution < -0.4 is 11.1 Å². The zero-order valence-electron chi connectivity index (χ0n) is 18.6. The molecule has 0 aliphatic rings. The first-order chi connectivity index (χ1) is 14.3. The van der Waals surface area contributed by atoms with E-state index < -0.39 is 5.60 Å². The number of benzene rings is 2. The average molecular weight is 409 g/mol. The smallest absolute Gasteiger partial charge is 0.407 e. The lowest BCUT2D eigenvalue weighted by molar-refractivity contribution is 0.0527. The van der Waals surface area contributed by atoms with E-state index in [1.54, 1.807) is 0 Å². The summed E-state index contributed by atoms with van der Waals surface area (Å²) in [5, 5.41) is 2.80. The van der Waals surface area contributed by atoms with Gasteiger partial charge in [-0.2, -0.15) is 0 Å². The van der Waals surface area contributed by atoms with Gasteiger partial charge in [-0.1, -0.05) is 73.9 Å². The molecule has 1 amide bonds. The molecular formula is C26H36N2O2. The molecule has 2 aromatic rings. The van der Waals surface area contributed by atoms with Gasteiger partial charge in [-0.05, 0) is 57.2 Å². The van der Waals surface area contributed by atoms with Gasteiger partial charge in [0.25, 0.3) is 0 Å². The van der Waals surface area contributed by atoms with E-state index in [1.165, 1.54) is 19.3 Å². The van der Waals surface area contributed by atoms with Crippen LogP contribution in [0.25, 0.3) is 17.2 Å². The highest BCUT2D eigenvalue weighted by Gasteiger charge is 2.15. The first kappa shape index (κ1) is 23.5. The highest BCUT2D eigenvalue weighted by molar-refractivity contribution is 5.78. The number of nitrogens with one attached hydrogen (secondary N) is 1. The fraction of sp³-hybridized carbons (Fsp3) is 0.423. The van der Waals surface area contributed by atoms with E-state index in [9.17, 15) is 4.79 Å². The van der Waals surface area contributed by atoms with Gasteiger partial charge in [0.1, 0.15) is 5.60 Å². The largest absolute Gasteiger partial charge is 0.444 e. The zero-order valence-corrected chi connectivity index (χ0v) is 18.6. The van der Waals surface area contributed by atoms with Crippen LogP contribution in [0.2, 0.25) is 0 Å². The maximum atomic E-state index is 11.5. The fourth-order valence-corrected chi connectivity index (χ4v) is 3.21. The number of unbranched alkanes of at least 4 members (excludes halogenated alkanes) is 5. The van der Waals surface area contributed by atoms with Crippen LogP contribution in [0.15, 0.2) is 54.6 Å². The summed E-state index contributed by atoms with van der Waals surface area (Å²) in [7, 11) is 0. The molecule has 0 saturated heterocycles. The quantitative estimate of drug-likeness (QED) is 0.335. The highest BCUT2D eigenvalue weighted by atomic mass is 16.6. The van der Waals surface area contributed by atoms with Gasteiger partial charge in [0.15, 0.2) is 0 Å². The van der Waals surface area contributed by atoms with Gasteiger partial charge >= 0.3 is 6.09 Å². The van der Waals surface area contributed by atoms with Crippen LogP contribution in [0.3, 0.4) is 0 Å². The maximum Gasteiger partial charge on any atom is 0.407 e. The predicted octanol–water partition coefficient (Wildman–Crippen LogP) is 6.81. The highest BCUT2D eigenvalue weighted by Crippen LogP contribution is 2.27. The molecule has 3 N–H and O–H groups in total. The minimum absolute atomic E-state index is 0.329. The van der Waals surface area contributed by atoms with Gasteiger partial charge in [0, 0.05) is 17.8 Å². The molecular weight excluding hydrogens is 372 g/mol. The minimum Gasteiger partial charge on any atom is -0.444 e. The number of nitrogen functional groups attached to an aromatic ring is 1. The molecule has 30 heavy (non-hydrogen) atoms. The molecule has 0 radical (unpaired) electrons. The molecule has 0 atom stereocenters. The molecule has 0 bridgehead atoms. The van der Waals surface area contributed by atoms with Crippen molar-refractivity contribution < 1.29 is 9.53 Å². The lowest BCUT2D eigenvalue weighted by atomic mass is 10.0. The van der Waals surface area contributed by atoms with Crippen LogP contribution in [0.5, 0.6) is 0 Å². The molecule has 0 aliphatic carbocycles. The lowest BCUT2D eigenvalue weighted by Crippen LogP contribution is -2.32. The normalized spacial score (nSPS) is 11.6. The lowest BCUT2D eigenvalue weighted by Gasteiger charge is -2.19. The van der Waals surface area contributed by atoms with Gasteiger partial charge in [0.05, 0.1) is 0 Å². The monoisotopic (exact) mass is 408 g/mol. The molecule has 4 heteroatoms. The van der Waals surface area contributed by atoms with Crippen LogP contribution >= 0.6 is 0 Å². The number of hydrogen-bond donors (Lipinski definition) is 2. The molecule has 4 nitrogen and oxygen atoms in total. The topological polar surface area (TPSA) is 64.3 Å². The van der Waals surface area contributed by atoms with Crippen molar-refractivity contribution in [3.05, 3.63) is 60.2 Å².